The van der Waals surface area contributed by atoms with Gasteiger partial charge >= 0.3 is 5.97 Å². The van der Waals surface area contributed by atoms with E-state index in [0.717, 1.165) is 0 Å². The van der Waals surface area contributed by atoms with Gasteiger partial charge < -0.3 is 14.3 Å². The zero-order chi connectivity index (χ0) is 10.8. The molecule has 0 aliphatic carbocycles. The molecule has 1 N–H and O–H groups in total. The Morgan fingerprint density at radius 1 is 1.71 bits per heavy atom. The van der Waals surface area contributed by atoms with Gasteiger partial charge in [0.2, 0.25) is 5.60 Å². The van der Waals surface area contributed by atoms with Crippen molar-refractivity contribution in [3.63, 3.8) is 0 Å². The summed E-state index contributed by atoms with van der Waals surface area (Å²) in [6.45, 7) is 3.22. The summed E-state index contributed by atoms with van der Waals surface area (Å²) in [7, 11) is 0. The molecule has 0 saturated heterocycles. The molecule has 1 aromatic heterocycles. The number of hydrogen-bond acceptors (Lipinski definition) is 4. The molecule has 1 aromatic rings. The summed E-state index contributed by atoms with van der Waals surface area (Å²) >= 11 is 3.08. The smallest absolute Gasteiger partial charge is 0.345 e. The van der Waals surface area contributed by atoms with Crippen LogP contribution in [-0.2, 0) is 15.1 Å². The van der Waals surface area contributed by atoms with Crippen LogP contribution in [0, 0.1) is 0 Å². The van der Waals surface area contributed by atoms with Gasteiger partial charge in [-0.2, -0.15) is 0 Å². The zero-order valence-corrected chi connectivity index (χ0v) is 9.50. The number of hydrogen-bond donors (Lipinski definition) is 1. The molecular weight excluding hydrogens is 252 g/mol. The average molecular weight is 263 g/mol. The number of halogens is 1. The van der Waals surface area contributed by atoms with E-state index in [4.69, 9.17) is 9.15 Å². The number of ether oxygens (including phenoxy) is 1. The second kappa shape index (κ2) is 4.14. The molecule has 0 saturated carbocycles. The third-order valence-corrected chi connectivity index (χ3v) is 2.15. The Morgan fingerprint density at radius 2 is 2.36 bits per heavy atom. The molecule has 0 spiro atoms. The topological polar surface area (TPSA) is 59.7 Å². The summed E-state index contributed by atoms with van der Waals surface area (Å²) in [5.74, 6) is -0.565. The van der Waals surface area contributed by atoms with Gasteiger partial charge in [-0.15, -0.1) is 0 Å². The summed E-state index contributed by atoms with van der Waals surface area (Å²) in [6, 6.07) is 3.12. The van der Waals surface area contributed by atoms with E-state index in [1.54, 1.807) is 13.0 Å². The molecule has 0 bridgehead atoms. The maximum Gasteiger partial charge on any atom is 0.345 e. The van der Waals surface area contributed by atoms with Crippen molar-refractivity contribution < 1.29 is 19.1 Å². The van der Waals surface area contributed by atoms with E-state index in [-0.39, 0.29) is 12.4 Å². The van der Waals surface area contributed by atoms with Crippen LogP contribution in [0.25, 0.3) is 0 Å². The van der Waals surface area contributed by atoms with E-state index in [9.17, 15) is 9.90 Å². The largest absolute Gasteiger partial charge is 0.464 e. The molecule has 1 atom stereocenters. The highest BCUT2D eigenvalue weighted by Gasteiger charge is 2.37. The lowest BCUT2D eigenvalue weighted by molar-refractivity contribution is -0.166. The summed E-state index contributed by atoms with van der Waals surface area (Å²) in [5.41, 5.74) is -1.73. The quantitative estimate of drug-likeness (QED) is 0.845. The van der Waals surface area contributed by atoms with Crippen LogP contribution in [0.15, 0.2) is 21.2 Å². The van der Waals surface area contributed by atoms with Gasteiger partial charge in [0.25, 0.3) is 0 Å². The highest BCUT2D eigenvalue weighted by molar-refractivity contribution is 9.10. The summed E-state index contributed by atoms with van der Waals surface area (Å²) in [6.07, 6.45) is 0. The lowest BCUT2D eigenvalue weighted by Crippen LogP contribution is -2.33. The normalized spacial score (nSPS) is 14.9. The van der Waals surface area contributed by atoms with Gasteiger partial charge in [-0.25, -0.2) is 4.79 Å². The fraction of sp³-hybridized carbons (Fsp3) is 0.444. The van der Waals surface area contributed by atoms with Crippen molar-refractivity contribution in [1.82, 2.24) is 0 Å². The molecular formula is C9H11BrO4. The van der Waals surface area contributed by atoms with Gasteiger partial charge in [0, 0.05) is 0 Å². The second-order valence-corrected chi connectivity index (χ2v) is 3.68. The minimum Gasteiger partial charge on any atom is -0.464 e. The van der Waals surface area contributed by atoms with Crippen LogP contribution in [0.4, 0.5) is 0 Å². The van der Waals surface area contributed by atoms with Crippen molar-refractivity contribution >= 4 is 21.9 Å². The number of furan rings is 1. The molecule has 1 rings (SSSR count). The van der Waals surface area contributed by atoms with Gasteiger partial charge in [0.05, 0.1) is 6.61 Å². The summed E-state index contributed by atoms with van der Waals surface area (Å²) < 4.78 is 10.2. The molecule has 1 heterocycles. The zero-order valence-electron chi connectivity index (χ0n) is 7.91. The van der Waals surface area contributed by atoms with Gasteiger partial charge in [0.1, 0.15) is 5.76 Å². The number of aliphatic hydroxyl groups is 1. The van der Waals surface area contributed by atoms with Gasteiger partial charge in [0.15, 0.2) is 4.67 Å². The minimum absolute atomic E-state index is 0.155. The van der Waals surface area contributed by atoms with Crippen LogP contribution in [0.2, 0.25) is 0 Å². The Bertz CT molecular complexity index is 329. The lowest BCUT2D eigenvalue weighted by Gasteiger charge is -2.17. The van der Waals surface area contributed by atoms with Crippen LogP contribution in [-0.4, -0.2) is 17.7 Å². The molecule has 4 nitrogen and oxygen atoms in total. The predicted molar refractivity (Wildman–Crippen MR) is 52.6 cm³/mol. The molecule has 5 heteroatoms. The van der Waals surface area contributed by atoms with Gasteiger partial charge in [-0.1, -0.05) is 0 Å². The molecule has 0 aliphatic rings. The second-order valence-electron chi connectivity index (χ2n) is 2.90. The van der Waals surface area contributed by atoms with Gasteiger partial charge in [-0.05, 0) is 41.9 Å². The van der Waals surface area contributed by atoms with Crippen LogP contribution in [0.5, 0.6) is 0 Å². The van der Waals surface area contributed by atoms with E-state index in [2.05, 4.69) is 15.9 Å². The third kappa shape index (κ3) is 2.16. The SMILES string of the molecule is CCOC(=O)C(C)(O)c1ccc(Br)o1. The Kier molecular flexibility index (Phi) is 3.34. The van der Waals surface area contributed by atoms with Crippen LogP contribution in [0.3, 0.4) is 0 Å². The van der Waals surface area contributed by atoms with E-state index in [1.807, 2.05) is 0 Å². The van der Waals surface area contributed by atoms with Crippen LogP contribution < -0.4 is 0 Å². The monoisotopic (exact) mass is 262 g/mol. The molecule has 1 unspecified atom stereocenters. The number of esters is 1. The minimum atomic E-state index is -1.73. The van der Waals surface area contributed by atoms with Gasteiger partial charge in [-0.3, -0.25) is 0 Å². The Hall–Kier alpha value is -0.810. The van der Waals surface area contributed by atoms with Crippen molar-refractivity contribution in [2.24, 2.45) is 0 Å². The highest BCUT2D eigenvalue weighted by Crippen LogP contribution is 2.26. The fourth-order valence-corrected chi connectivity index (χ4v) is 1.25. The molecule has 0 fully saturated rings. The first kappa shape index (κ1) is 11.3. The fourth-order valence-electron chi connectivity index (χ4n) is 0.948. The molecule has 0 aliphatic heterocycles. The van der Waals surface area contributed by atoms with Crippen molar-refractivity contribution in [2.75, 3.05) is 6.61 Å². The van der Waals surface area contributed by atoms with E-state index < -0.39 is 11.6 Å². The van der Waals surface area contributed by atoms with E-state index >= 15 is 0 Å². The van der Waals surface area contributed by atoms with Crippen molar-refractivity contribution in [3.8, 4) is 0 Å². The van der Waals surface area contributed by atoms with Crippen molar-refractivity contribution in [2.45, 2.75) is 19.4 Å². The maximum absolute atomic E-state index is 11.3. The predicted octanol–water partition coefficient (Wildman–Crippen LogP) is 1.81. The third-order valence-electron chi connectivity index (χ3n) is 1.73. The van der Waals surface area contributed by atoms with Crippen molar-refractivity contribution in [1.29, 1.82) is 0 Å². The maximum atomic E-state index is 11.3. The Morgan fingerprint density at radius 3 is 2.79 bits per heavy atom. The first-order chi connectivity index (χ1) is 6.48. The standard InChI is InChI=1S/C9H11BrO4/c1-3-13-8(11)9(2,12)6-4-5-7(10)14-6/h4-5,12H,3H2,1-2H3. The molecule has 78 valence electrons. The first-order valence-corrected chi connectivity index (χ1v) is 4.93. The molecule has 14 heavy (non-hydrogen) atoms. The first-order valence-electron chi connectivity index (χ1n) is 4.14. The van der Waals surface area contributed by atoms with Crippen LogP contribution >= 0.6 is 15.9 Å². The van der Waals surface area contributed by atoms with Crippen LogP contribution in [0.1, 0.15) is 19.6 Å². The van der Waals surface area contributed by atoms with E-state index in [0.29, 0.717) is 4.67 Å². The number of rotatable bonds is 3. The summed E-state index contributed by atoms with van der Waals surface area (Å²) in [5, 5.41) is 9.81. The molecule has 0 radical (unpaired) electrons. The highest BCUT2D eigenvalue weighted by atomic mass is 79.9. The lowest BCUT2D eigenvalue weighted by atomic mass is 10.0. The van der Waals surface area contributed by atoms with E-state index in [1.165, 1.54) is 13.0 Å². The molecule has 0 amide bonds. The molecule has 0 aromatic carbocycles. The Balaban J connectivity index is 2.89. The summed E-state index contributed by atoms with van der Waals surface area (Å²) in [4.78, 5) is 11.3. The Labute approximate surface area is 90.0 Å². The number of carbonyl (C=O) groups is 1. The average Bonchev–Trinajstić information content (AvgIpc) is 2.52. The van der Waals surface area contributed by atoms with Crippen molar-refractivity contribution in [3.05, 3.63) is 22.6 Å². The number of carbonyl (C=O) groups excluding carboxylic acids is 1.